The van der Waals surface area contributed by atoms with E-state index in [4.69, 9.17) is 30.0 Å². The summed E-state index contributed by atoms with van der Waals surface area (Å²) in [5.74, 6) is -0.428. The van der Waals surface area contributed by atoms with Crippen LogP contribution in [0, 0.1) is 0 Å². The van der Waals surface area contributed by atoms with Crippen LogP contribution in [0.5, 0.6) is 0 Å². The van der Waals surface area contributed by atoms with Crippen molar-refractivity contribution in [1.29, 1.82) is 0 Å². The number of rotatable bonds is 14. The van der Waals surface area contributed by atoms with Crippen molar-refractivity contribution in [2.45, 2.75) is 49.1 Å². The number of aliphatic hydroxyl groups is 4. The number of phosphoric ester groups is 1. The van der Waals surface area contributed by atoms with Gasteiger partial charge in [-0.25, -0.2) is 23.8 Å². The number of hydrogen-bond acceptors (Lipinski definition) is 18. The molecule has 2 fully saturated rings. The summed E-state index contributed by atoms with van der Waals surface area (Å²) in [5, 5.41) is 45.4. The number of carbonyl (C=O) groups is 1. The number of primary amides is 1. The minimum absolute atomic E-state index is 0.0559. The molecule has 2 saturated heterocycles. The van der Waals surface area contributed by atoms with Gasteiger partial charge in [0.15, 0.2) is 41.7 Å². The number of imidazole rings is 1. The van der Waals surface area contributed by atoms with E-state index in [0.29, 0.717) is 24.4 Å². The van der Waals surface area contributed by atoms with Gasteiger partial charge < -0.3 is 56.5 Å². The molecule has 47 heavy (non-hydrogen) atoms. The lowest BCUT2D eigenvalue weighted by molar-refractivity contribution is -0.765. The van der Waals surface area contributed by atoms with Crippen LogP contribution in [0.25, 0.3) is 11.2 Å². The molecule has 5 heterocycles. The highest BCUT2D eigenvalue weighted by Gasteiger charge is 2.50. The van der Waals surface area contributed by atoms with Gasteiger partial charge in [0.05, 0.1) is 19.5 Å². The number of aromatic nitrogens is 5. The number of amides is 1. The minimum Gasteiger partial charge on any atom is -0.756 e. The first-order chi connectivity index (χ1) is 22.2. The molecule has 24 heteroatoms. The van der Waals surface area contributed by atoms with Crippen molar-refractivity contribution in [1.82, 2.24) is 19.5 Å². The molecular formula is C23H32N8O14P2. The SMILES string of the molecule is NCCNc1ncnc2c1ncn2[C@@H]1O[C@H](COP(=O)(OC[C@H]2O[C@@H]([n+]3cccc(C(N)=O)c3)[C@H](O)[C@@H]2O)OP(=O)([O-])O)[C@@H](O)[C@H]1O. The van der Waals surface area contributed by atoms with Gasteiger partial charge in [0.2, 0.25) is 0 Å². The number of aliphatic hydroxyl groups excluding tert-OH is 4. The first kappa shape index (κ1) is 35.3. The van der Waals surface area contributed by atoms with Gasteiger partial charge in [0.25, 0.3) is 20.0 Å². The lowest BCUT2D eigenvalue weighted by Gasteiger charge is -2.25. The molecule has 10 N–H and O–H groups in total. The van der Waals surface area contributed by atoms with Crippen LogP contribution in [-0.4, -0.2) is 114 Å². The highest BCUT2D eigenvalue weighted by atomic mass is 31.3. The third kappa shape index (κ3) is 7.82. The van der Waals surface area contributed by atoms with E-state index in [9.17, 15) is 44.1 Å². The lowest BCUT2D eigenvalue weighted by Crippen LogP contribution is -2.46. The van der Waals surface area contributed by atoms with E-state index in [1.54, 1.807) is 0 Å². The van der Waals surface area contributed by atoms with E-state index in [2.05, 4.69) is 24.6 Å². The zero-order valence-electron chi connectivity index (χ0n) is 24.1. The molecule has 0 aromatic carbocycles. The molecule has 2 unspecified atom stereocenters. The van der Waals surface area contributed by atoms with Gasteiger partial charge in [-0.15, -0.1) is 0 Å². The number of nitrogens with one attached hydrogen (secondary N) is 1. The zero-order chi connectivity index (χ0) is 34.1. The van der Waals surface area contributed by atoms with Crippen molar-refractivity contribution in [3.8, 4) is 0 Å². The van der Waals surface area contributed by atoms with Crippen molar-refractivity contribution in [3.63, 3.8) is 0 Å². The van der Waals surface area contributed by atoms with Gasteiger partial charge in [-0.2, -0.15) is 4.57 Å². The second-order valence-electron chi connectivity index (χ2n) is 10.3. The van der Waals surface area contributed by atoms with Crippen LogP contribution in [0.3, 0.4) is 0 Å². The van der Waals surface area contributed by atoms with Gasteiger partial charge in [0.1, 0.15) is 42.4 Å². The standard InChI is InChI=1S/C23H32N8O14P2/c24-3-4-26-20-14-21(28-9-27-20)31(10-29-14)23-18(35)16(33)13(44-23)8-42-47(40,45-46(37,38)39)41-7-12-15(32)17(34)22(43-12)30-5-1-2-11(6-30)19(25)36/h1-2,5-6,9-10,12-13,15-18,22-23,32-35H,3-4,7-8,24H2,(H4-,25,26,27,28,36,37,38,39)/t12-,13-,15-,16-,17-,18-,22-,23-,47?/m1/s1. The quantitative estimate of drug-likeness (QED) is 0.0587. The number of pyridine rings is 1. The maximum absolute atomic E-state index is 13.3. The van der Waals surface area contributed by atoms with Crippen LogP contribution in [0.2, 0.25) is 0 Å². The number of ether oxygens (including phenoxy) is 2. The van der Waals surface area contributed by atoms with Crippen LogP contribution < -0.4 is 26.2 Å². The van der Waals surface area contributed by atoms with Gasteiger partial charge >= 0.3 is 7.82 Å². The highest BCUT2D eigenvalue weighted by Crippen LogP contribution is 2.60. The molecule has 10 atom stereocenters. The van der Waals surface area contributed by atoms with Crippen LogP contribution in [-0.2, 0) is 32.0 Å². The molecule has 0 aliphatic carbocycles. The number of anilines is 1. The molecule has 3 aromatic heterocycles. The second-order valence-corrected chi connectivity index (χ2v) is 13.3. The summed E-state index contributed by atoms with van der Waals surface area (Å²) in [7, 11) is -11.1. The second kappa shape index (κ2) is 14.2. The Bertz CT molecular complexity index is 1680. The van der Waals surface area contributed by atoms with Crippen molar-refractivity contribution < 1.29 is 71.5 Å². The fraction of sp³-hybridized carbons (Fsp3) is 0.522. The maximum atomic E-state index is 13.3. The molecular weight excluding hydrogens is 674 g/mol. The number of carbonyl (C=O) groups excluding carboxylic acids is 1. The Morgan fingerprint density at radius 2 is 1.74 bits per heavy atom. The third-order valence-corrected chi connectivity index (χ3v) is 9.70. The van der Waals surface area contributed by atoms with Crippen LogP contribution in [0.1, 0.15) is 22.8 Å². The number of fused-ring (bicyclic) bond motifs is 1. The summed E-state index contributed by atoms with van der Waals surface area (Å²) in [4.78, 5) is 44.8. The first-order valence-electron chi connectivity index (χ1n) is 13.8. The smallest absolute Gasteiger partial charge is 0.481 e. The monoisotopic (exact) mass is 706 g/mol. The van der Waals surface area contributed by atoms with Crippen molar-refractivity contribution >= 4 is 38.5 Å². The number of hydrogen-bond donors (Lipinski definition) is 8. The molecule has 22 nitrogen and oxygen atoms in total. The Labute approximate surface area is 264 Å². The zero-order valence-corrected chi connectivity index (χ0v) is 25.9. The largest absolute Gasteiger partial charge is 0.756 e. The van der Waals surface area contributed by atoms with Gasteiger partial charge in [-0.05, 0) is 6.07 Å². The summed E-state index contributed by atoms with van der Waals surface area (Å²) in [6, 6.07) is 2.83. The molecule has 1 amide bonds. The summed E-state index contributed by atoms with van der Waals surface area (Å²) in [6.07, 6.45) is -7.02. The molecule has 0 spiro atoms. The molecule has 2 aliphatic rings. The summed E-state index contributed by atoms with van der Waals surface area (Å²) < 4.78 is 52.9. The van der Waals surface area contributed by atoms with Crippen molar-refractivity contribution in [2.24, 2.45) is 11.5 Å². The number of phosphoric acid groups is 2. The molecule has 3 aromatic rings. The summed E-state index contributed by atoms with van der Waals surface area (Å²) in [5.41, 5.74) is 11.4. The third-order valence-electron chi connectivity index (χ3n) is 7.14. The lowest BCUT2D eigenvalue weighted by atomic mass is 10.1. The summed E-state index contributed by atoms with van der Waals surface area (Å²) in [6.45, 7) is -1.14. The maximum Gasteiger partial charge on any atom is 0.481 e. The minimum atomic E-state index is -5.79. The first-order valence-corrected chi connectivity index (χ1v) is 16.8. The van der Waals surface area contributed by atoms with E-state index >= 15 is 0 Å². The normalized spacial score (nSPS) is 30.3. The van der Waals surface area contributed by atoms with E-state index in [-0.39, 0.29) is 11.2 Å². The van der Waals surface area contributed by atoms with E-state index in [1.165, 1.54) is 46.3 Å². The fourth-order valence-corrected chi connectivity index (χ4v) is 7.03. The van der Waals surface area contributed by atoms with E-state index in [0.717, 1.165) is 0 Å². The van der Waals surface area contributed by atoms with Crippen LogP contribution in [0.4, 0.5) is 5.82 Å². The number of nitrogens with two attached hydrogens (primary N) is 2. The van der Waals surface area contributed by atoms with Crippen molar-refractivity contribution in [3.05, 3.63) is 42.7 Å². The summed E-state index contributed by atoms with van der Waals surface area (Å²) >= 11 is 0. The molecule has 258 valence electrons. The molecule has 0 bridgehead atoms. The average Bonchev–Trinajstić information content (AvgIpc) is 3.67. The highest BCUT2D eigenvalue weighted by molar-refractivity contribution is 7.60. The average molecular weight is 706 g/mol. The Hall–Kier alpha value is -3.05. The van der Waals surface area contributed by atoms with Gasteiger partial charge in [0, 0.05) is 19.2 Å². The topological polar surface area (TPSA) is 333 Å². The molecule has 0 saturated carbocycles. The van der Waals surface area contributed by atoms with Gasteiger partial charge in [-0.3, -0.25) is 23.0 Å². The van der Waals surface area contributed by atoms with Gasteiger partial charge in [-0.1, -0.05) is 0 Å². The van der Waals surface area contributed by atoms with Crippen molar-refractivity contribution in [2.75, 3.05) is 31.6 Å². The number of nitrogens with zero attached hydrogens (tertiary/aromatic N) is 5. The molecule has 5 rings (SSSR count). The van der Waals surface area contributed by atoms with E-state index < -0.39 is 83.8 Å². The Morgan fingerprint density at radius 1 is 1.06 bits per heavy atom. The Balaban J connectivity index is 1.27. The molecule has 2 aliphatic heterocycles. The Morgan fingerprint density at radius 3 is 2.40 bits per heavy atom. The molecule has 0 radical (unpaired) electrons. The Kier molecular flexibility index (Phi) is 10.7. The van der Waals surface area contributed by atoms with E-state index in [1.807, 2.05) is 0 Å². The van der Waals surface area contributed by atoms with Crippen LogP contribution >= 0.6 is 15.6 Å². The fourth-order valence-electron chi connectivity index (χ4n) is 4.91. The van der Waals surface area contributed by atoms with Crippen LogP contribution in [0.15, 0.2) is 37.2 Å². The predicted octanol–water partition coefficient (Wildman–Crippen LogP) is -3.86. The predicted molar refractivity (Wildman–Crippen MR) is 150 cm³/mol.